The Hall–Kier alpha value is -2.97. The van der Waals surface area contributed by atoms with Crippen molar-refractivity contribution in [2.24, 2.45) is 23.7 Å². The molecule has 3 amide bonds. The average Bonchev–Trinajstić information content (AvgIpc) is 3.38. The lowest BCUT2D eigenvalue weighted by molar-refractivity contribution is -0.146. The van der Waals surface area contributed by atoms with Gasteiger partial charge in [-0.3, -0.25) is 19.3 Å². The third kappa shape index (κ3) is 3.42. The maximum absolute atomic E-state index is 12.7. The van der Waals surface area contributed by atoms with E-state index in [1.165, 1.54) is 24.1 Å². The Labute approximate surface area is 172 Å². The number of carbonyl (C=O) groups excluding carboxylic acids is 3. The van der Waals surface area contributed by atoms with E-state index in [1.807, 2.05) is 12.2 Å². The molecule has 1 heterocycles. The highest BCUT2D eigenvalue weighted by Crippen LogP contribution is 2.52. The first-order valence-electron chi connectivity index (χ1n) is 9.69. The van der Waals surface area contributed by atoms with Crippen molar-refractivity contribution in [3.8, 4) is 11.5 Å². The molecule has 30 heavy (non-hydrogen) atoms. The zero-order chi connectivity index (χ0) is 21.6. The lowest BCUT2D eigenvalue weighted by Gasteiger charge is -2.22. The summed E-state index contributed by atoms with van der Waals surface area (Å²) in [5, 5.41) is 0. The molecule has 1 aromatic carbocycles. The predicted octanol–water partition coefficient (Wildman–Crippen LogP) is 2.06. The fourth-order valence-corrected chi connectivity index (χ4v) is 4.74. The summed E-state index contributed by atoms with van der Waals surface area (Å²) >= 11 is 0. The van der Waals surface area contributed by atoms with E-state index in [9.17, 15) is 23.2 Å². The number of ether oxygens (including phenoxy) is 2. The third-order valence-corrected chi connectivity index (χ3v) is 6.14. The number of hydrogen-bond donors (Lipinski definition) is 0. The van der Waals surface area contributed by atoms with Gasteiger partial charge in [0.2, 0.25) is 17.7 Å². The second-order valence-corrected chi connectivity index (χ2v) is 7.88. The van der Waals surface area contributed by atoms with Crippen molar-refractivity contribution in [3.05, 3.63) is 35.9 Å². The first-order valence-corrected chi connectivity index (χ1v) is 9.69. The minimum atomic E-state index is -2.98. The molecule has 2 fully saturated rings. The van der Waals surface area contributed by atoms with E-state index in [0.29, 0.717) is 5.56 Å². The summed E-state index contributed by atoms with van der Waals surface area (Å²) in [5.41, 5.74) is 0.627. The van der Waals surface area contributed by atoms with Crippen LogP contribution in [0.3, 0.4) is 0 Å². The number of likely N-dealkylation sites (N-methyl/N-ethyl adjacent to an activating group) is 1. The maximum atomic E-state index is 12.7. The molecule has 7 nitrogen and oxygen atoms in total. The van der Waals surface area contributed by atoms with E-state index in [4.69, 9.17) is 4.74 Å². The van der Waals surface area contributed by atoms with Gasteiger partial charge >= 0.3 is 6.61 Å². The number of methoxy groups -OCH3 is 1. The number of likely N-dealkylation sites (tertiary alicyclic amines) is 1. The molecule has 3 aliphatic rings. The third-order valence-electron chi connectivity index (χ3n) is 6.14. The van der Waals surface area contributed by atoms with Gasteiger partial charge in [0.05, 0.1) is 18.9 Å². The Balaban J connectivity index is 1.40. The van der Waals surface area contributed by atoms with Crippen molar-refractivity contribution in [2.45, 2.75) is 19.6 Å². The molecule has 1 saturated heterocycles. The summed E-state index contributed by atoms with van der Waals surface area (Å²) in [5.74, 6) is -1.38. The number of fused-ring (bicyclic) bond motifs is 5. The van der Waals surface area contributed by atoms with E-state index in [2.05, 4.69) is 4.74 Å². The molecule has 1 saturated carbocycles. The highest BCUT2D eigenvalue weighted by atomic mass is 19.3. The maximum Gasteiger partial charge on any atom is 0.387 e. The number of alkyl halides is 2. The van der Waals surface area contributed by atoms with E-state index in [-0.39, 0.29) is 66.0 Å². The van der Waals surface area contributed by atoms with Crippen LogP contribution in [0.15, 0.2) is 30.4 Å². The van der Waals surface area contributed by atoms with Crippen molar-refractivity contribution in [1.82, 2.24) is 9.80 Å². The summed E-state index contributed by atoms with van der Waals surface area (Å²) in [6, 6.07) is 4.39. The molecular weight excluding hydrogens is 398 g/mol. The van der Waals surface area contributed by atoms with Gasteiger partial charge in [-0.1, -0.05) is 18.2 Å². The summed E-state index contributed by atoms with van der Waals surface area (Å²) in [7, 11) is 2.88. The quantitative estimate of drug-likeness (QED) is 0.499. The van der Waals surface area contributed by atoms with Crippen LogP contribution in [0, 0.1) is 23.7 Å². The monoisotopic (exact) mass is 420 g/mol. The molecule has 160 valence electrons. The first-order chi connectivity index (χ1) is 14.3. The van der Waals surface area contributed by atoms with Gasteiger partial charge in [-0.2, -0.15) is 8.78 Å². The number of amides is 3. The van der Waals surface area contributed by atoms with E-state index in [1.54, 1.807) is 13.1 Å². The summed E-state index contributed by atoms with van der Waals surface area (Å²) in [6.45, 7) is -3.13. The summed E-state index contributed by atoms with van der Waals surface area (Å²) in [4.78, 5) is 40.6. The van der Waals surface area contributed by atoms with Crippen LogP contribution >= 0.6 is 0 Å². The number of carbonyl (C=O) groups is 3. The van der Waals surface area contributed by atoms with Gasteiger partial charge < -0.3 is 14.4 Å². The van der Waals surface area contributed by atoms with Gasteiger partial charge in [0.15, 0.2) is 11.5 Å². The molecule has 2 bridgehead atoms. The van der Waals surface area contributed by atoms with Crippen LogP contribution in [0.4, 0.5) is 8.78 Å². The minimum Gasteiger partial charge on any atom is -0.493 e. The van der Waals surface area contributed by atoms with Gasteiger partial charge in [-0.25, -0.2) is 0 Å². The van der Waals surface area contributed by atoms with Gasteiger partial charge in [0.25, 0.3) is 0 Å². The highest BCUT2D eigenvalue weighted by molar-refractivity contribution is 6.08. The second kappa shape index (κ2) is 7.70. The number of benzene rings is 1. The lowest BCUT2D eigenvalue weighted by Crippen LogP contribution is -2.42. The largest absolute Gasteiger partial charge is 0.493 e. The molecule has 0 N–H and O–H groups in total. The van der Waals surface area contributed by atoms with Gasteiger partial charge in [-0.15, -0.1) is 0 Å². The van der Waals surface area contributed by atoms with Crippen LogP contribution in [0.1, 0.15) is 12.0 Å². The van der Waals surface area contributed by atoms with Crippen molar-refractivity contribution in [2.75, 3.05) is 20.7 Å². The van der Waals surface area contributed by atoms with Crippen LogP contribution in [0.25, 0.3) is 0 Å². The lowest BCUT2D eigenvalue weighted by atomic mass is 9.85. The molecular formula is C21H22F2N2O5. The standard InChI is InChI=1S/C21H22F2N2O5/c1-24(9-11-3-6-14(30-21(22)23)15(7-11)29-2)16(26)10-25-19(27)17-12-4-5-13(8-12)18(17)20(25)28/h3-7,12-13,17-18,21H,8-10H2,1-2H3/t12-,13-,17-,18+/m0/s1. The van der Waals surface area contributed by atoms with Crippen molar-refractivity contribution in [3.63, 3.8) is 0 Å². The zero-order valence-electron chi connectivity index (χ0n) is 16.6. The molecule has 1 aliphatic heterocycles. The highest BCUT2D eigenvalue weighted by Gasteiger charge is 2.59. The van der Waals surface area contributed by atoms with E-state index < -0.39 is 6.61 Å². The average molecular weight is 420 g/mol. The van der Waals surface area contributed by atoms with Crippen molar-refractivity contribution < 1.29 is 32.6 Å². The normalized spacial score (nSPS) is 26.5. The van der Waals surface area contributed by atoms with Crippen LogP contribution in [-0.4, -0.2) is 54.8 Å². The Kier molecular flexibility index (Phi) is 5.21. The predicted molar refractivity (Wildman–Crippen MR) is 101 cm³/mol. The van der Waals surface area contributed by atoms with Crippen LogP contribution < -0.4 is 9.47 Å². The summed E-state index contributed by atoms with van der Waals surface area (Å²) in [6.07, 6.45) is 4.84. The molecule has 2 aliphatic carbocycles. The topological polar surface area (TPSA) is 76.2 Å². The zero-order valence-corrected chi connectivity index (χ0v) is 16.6. The van der Waals surface area contributed by atoms with Crippen molar-refractivity contribution in [1.29, 1.82) is 0 Å². The molecule has 4 atom stereocenters. The number of nitrogens with zero attached hydrogens (tertiary/aromatic N) is 2. The Morgan fingerprint density at radius 3 is 2.37 bits per heavy atom. The number of halogens is 2. The van der Waals surface area contributed by atoms with E-state index in [0.717, 1.165) is 11.3 Å². The molecule has 0 spiro atoms. The van der Waals surface area contributed by atoms with E-state index >= 15 is 0 Å². The van der Waals surface area contributed by atoms with Gasteiger partial charge in [0.1, 0.15) is 6.54 Å². The molecule has 0 aromatic heterocycles. The molecule has 1 aromatic rings. The Bertz CT molecular complexity index is 889. The SMILES string of the molecule is COc1cc(CN(C)C(=O)CN2C(=O)[C@@H]3[C@H](C2=O)[C@H]2C=C[C@H]3C2)ccc1OC(F)F. The molecule has 9 heteroatoms. The van der Waals surface area contributed by atoms with Crippen LogP contribution in [0.2, 0.25) is 0 Å². The second-order valence-electron chi connectivity index (χ2n) is 7.88. The molecule has 0 unspecified atom stereocenters. The first kappa shape index (κ1) is 20.3. The molecule has 4 rings (SSSR count). The molecule has 0 radical (unpaired) electrons. The van der Waals surface area contributed by atoms with Crippen LogP contribution in [0.5, 0.6) is 11.5 Å². The van der Waals surface area contributed by atoms with Crippen LogP contribution in [-0.2, 0) is 20.9 Å². The number of rotatable bonds is 7. The summed E-state index contributed by atoms with van der Waals surface area (Å²) < 4.78 is 34.4. The number of allylic oxidation sites excluding steroid dienone is 2. The Morgan fingerprint density at radius 1 is 1.17 bits per heavy atom. The number of hydrogen-bond acceptors (Lipinski definition) is 5. The van der Waals surface area contributed by atoms with Crippen molar-refractivity contribution >= 4 is 17.7 Å². The van der Waals surface area contributed by atoms with Gasteiger partial charge in [-0.05, 0) is 36.0 Å². The van der Waals surface area contributed by atoms with Gasteiger partial charge in [0, 0.05) is 13.6 Å². The Morgan fingerprint density at radius 2 is 1.80 bits per heavy atom. The smallest absolute Gasteiger partial charge is 0.387 e. The number of imide groups is 1. The minimum absolute atomic E-state index is 0.0933. The fourth-order valence-electron chi connectivity index (χ4n) is 4.74. The fraction of sp³-hybridized carbons (Fsp3) is 0.476.